The molecule has 0 amide bonds. The van der Waals surface area contributed by atoms with Crippen molar-refractivity contribution >= 4 is 27.8 Å². The number of hydrogen-bond acceptors (Lipinski definition) is 3. The normalized spacial score (nSPS) is 10.8. The summed E-state index contributed by atoms with van der Waals surface area (Å²) in [4.78, 5) is 4.59. The number of hydrogen-bond donors (Lipinski definition) is 0. The fourth-order valence-electron chi connectivity index (χ4n) is 2.10. The van der Waals surface area contributed by atoms with E-state index in [1.54, 1.807) is 13.2 Å². The summed E-state index contributed by atoms with van der Waals surface area (Å²) in [7, 11) is 1.62. The fourth-order valence-corrected chi connectivity index (χ4v) is 2.67. The molecule has 0 radical (unpaired) electrons. The minimum atomic E-state index is 0.422. The Bertz CT molecular complexity index is 738. The summed E-state index contributed by atoms with van der Waals surface area (Å²) in [6.45, 7) is 8.19. The van der Waals surface area contributed by atoms with Gasteiger partial charge in [0.1, 0.15) is 6.61 Å². The Kier molecular flexibility index (Phi) is 5.99. The van der Waals surface area contributed by atoms with Crippen LogP contribution in [0.15, 0.2) is 52.5 Å². The van der Waals surface area contributed by atoms with E-state index in [9.17, 15) is 0 Å². The van der Waals surface area contributed by atoms with E-state index in [-0.39, 0.29) is 0 Å². The minimum absolute atomic E-state index is 0.422. The number of rotatable bonds is 6. The number of aryl methyl sites for hydroxylation is 2. The third-order valence-electron chi connectivity index (χ3n) is 3.31. The van der Waals surface area contributed by atoms with Crippen molar-refractivity contribution < 1.29 is 9.47 Å². The second-order valence-electron chi connectivity index (χ2n) is 5.18. The molecular formula is C19H20BrNO2. The third-order valence-corrected chi connectivity index (χ3v) is 3.90. The van der Waals surface area contributed by atoms with Gasteiger partial charge in [-0.05, 0) is 64.7 Å². The van der Waals surface area contributed by atoms with Gasteiger partial charge in [-0.1, -0.05) is 24.8 Å². The molecule has 23 heavy (non-hydrogen) atoms. The van der Waals surface area contributed by atoms with Gasteiger partial charge in [0.25, 0.3) is 0 Å². The maximum absolute atomic E-state index is 5.63. The average Bonchev–Trinajstić information content (AvgIpc) is 2.54. The van der Waals surface area contributed by atoms with Crippen molar-refractivity contribution in [2.75, 3.05) is 13.7 Å². The van der Waals surface area contributed by atoms with Crippen molar-refractivity contribution in [1.82, 2.24) is 0 Å². The molecule has 2 aromatic carbocycles. The topological polar surface area (TPSA) is 30.8 Å². The summed E-state index contributed by atoms with van der Waals surface area (Å²) in [5.74, 6) is 1.32. The fraction of sp³-hybridized carbons (Fsp3) is 0.211. The van der Waals surface area contributed by atoms with E-state index in [0.29, 0.717) is 18.1 Å². The van der Waals surface area contributed by atoms with E-state index < -0.39 is 0 Å². The zero-order valence-corrected chi connectivity index (χ0v) is 15.2. The smallest absolute Gasteiger partial charge is 0.175 e. The third kappa shape index (κ3) is 4.45. The Hall–Kier alpha value is -2.07. The predicted molar refractivity (Wildman–Crippen MR) is 99.6 cm³/mol. The summed E-state index contributed by atoms with van der Waals surface area (Å²) < 4.78 is 11.9. The summed E-state index contributed by atoms with van der Waals surface area (Å²) in [5.41, 5.74) is 4.23. The maximum Gasteiger partial charge on any atom is 0.175 e. The number of nitrogens with zero attached hydrogens (tertiary/aromatic N) is 1. The Morgan fingerprint density at radius 2 is 2.00 bits per heavy atom. The van der Waals surface area contributed by atoms with Gasteiger partial charge in [-0.3, -0.25) is 4.99 Å². The van der Waals surface area contributed by atoms with Crippen LogP contribution < -0.4 is 9.47 Å². The standard InChI is InChI=1S/C19H20BrNO2/c1-5-8-23-19-16(20)10-15(11-18(19)22-4)12-21-17-9-13(2)6-7-14(17)3/h5-7,9-12H,1,8H2,2-4H3. The van der Waals surface area contributed by atoms with E-state index in [4.69, 9.17) is 9.47 Å². The molecule has 0 heterocycles. The number of halogens is 1. The van der Waals surface area contributed by atoms with Crippen molar-refractivity contribution in [3.8, 4) is 11.5 Å². The van der Waals surface area contributed by atoms with Crippen molar-refractivity contribution in [3.63, 3.8) is 0 Å². The molecule has 2 rings (SSSR count). The van der Waals surface area contributed by atoms with Gasteiger partial charge in [0.05, 0.1) is 17.3 Å². The van der Waals surface area contributed by atoms with Gasteiger partial charge < -0.3 is 9.47 Å². The molecule has 0 aromatic heterocycles. The lowest BCUT2D eigenvalue weighted by Gasteiger charge is -2.12. The van der Waals surface area contributed by atoms with Crippen LogP contribution in [0.5, 0.6) is 11.5 Å². The van der Waals surface area contributed by atoms with Crippen LogP contribution in [-0.4, -0.2) is 19.9 Å². The van der Waals surface area contributed by atoms with Crippen LogP contribution >= 0.6 is 15.9 Å². The number of ether oxygens (including phenoxy) is 2. The van der Waals surface area contributed by atoms with E-state index >= 15 is 0 Å². The molecule has 3 nitrogen and oxygen atoms in total. The Morgan fingerprint density at radius 1 is 1.22 bits per heavy atom. The van der Waals surface area contributed by atoms with Crippen LogP contribution in [0.4, 0.5) is 5.69 Å². The SMILES string of the molecule is C=CCOc1c(Br)cc(C=Nc2cc(C)ccc2C)cc1OC. The second kappa shape index (κ2) is 7.97. The molecular weight excluding hydrogens is 354 g/mol. The largest absolute Gasteiger partial charge is 0.493 e. The van der Waals surface area contributed by atoms with Gasteiger partial charge in [0.15, 0.2) is 11.5 Å². The Balaban J connectivity index is 2.33. The zero-order chi connectivity index (χ0) is 16.8. The van der Waals surface area contributed by atoms with Crippen molar-refractivity contribution in [2.45, 2.75) is 13.8 Å². The molecule has 0 saturated heterocycles. The van der Waals surface area contributed by atoms with Crippen LogP contribution in [0.2, 0.25) is 0 Å². The highest BCUT2D eigenvalue weighted by Gasteiger charge is 2.10. The Labute approximate surface area is 145 Å². The van der Waals surface area contributed by atoms with E-state index in [2.05, 4.69) is 59.5 Å². The molecule has 0 spiro atoms. The summed E-state index contributed by atoms with van der Waals surface area (Å²) in [6.07, 6.45) is 3.52. The molecule has 0 fully saturated rings. The first kappa shape index (κ1) is 17.3. The molecule has 0 aliphatic heterocycles. The van der Waals surface area contributed by atoms with Crippen LogP contribution in [0.25, 0.3) is 0 Å². The molecule has 0 N–H and O–H groups in total. The summed E-state index contributed by atoms with van der Waals surface area (Å²) in [6, 6.07) is 10.1. The number of benzene rings is 2. The van der Waals surface area contributed by atoms with E-state index in [1.807, 2.05) is 18.3 Å². The van der Waals surface area contributed by atoms with Crippen molar-refractivity contribution in [2.24, 2.45) is 4.99 Å². The Morgan fingerprint density at radius 3 is 2.70 bits per heavy atom. The minimum Gasteiger partial charge on any atom is -0.493 e. The molecule has 0 bridgehead atoms. The quantitative estimate of drug-likeness (QED) is 0.501. The monoisotopic (exact) mass is 373 g/mol. The molecule has 0 unspecified atom stereocenters. The molecule has 4 heteroatoms. The van der Waals surface area contributed by atoms with Crippen molar-refractivity contribution in [3.05, 3.63) is 64.1 Å². The van der Waals surface area contributed by atoms with Gasteiger partial charge in [0.2, 0.25) is 0 Å². The first-order valence-electron chi connectivity index (χ1n) is 7.27. The predicted octanol–water partition coefficient (Wildman–Crippen LogP) is 5.39. The molecule has 0 aliphatic carbocycles. The van der Waals surface area contributed by atoms with E-state index in [1.165, 1.54) is 5.56 Å². The lowest BCUT2D eigenvalue weighted by atomic mass is 10.1. The van der Waals surface area contributed by atoms with Gasteiger partial charge in [-0.2, -0.15) is 0 Å². The zero-order valence-electron chi connectivity index (χ0n) is 13.6. The molecule has 120 valence electrons. The molecule has 0 aliphatic rings. The van der Waals surface area contributed by atoms with Gasteiger partial charge >= 0.3 is 0 Å². The number of methoxy groups -OCH3 is 1. The highest BCUT2D eigenvalue weighted by Crippen LogP contribution is 2.36. The molecule has 2 aromatic rings. The van der Waals surface area contributed by atoms with Gasteiger partial charge in [-0.25, -0.2) is 0 Å². The summed E-state index contributed by atoms with van der Waals surface area (Å²) >= 11 is 3.52. The van der Waals surface area contributed by atoms with Crippen LogP contribution in [-0.2, 0) is 0 Å². The lowest BCUT2D eigenvalue weighted by Crippen LogP contribution is -1.98. The summed E-state index contributed by atoms with van der Waals surface area (Å²) in [5, 5.41) is 0. The lowest BCUT2D eigenvalue weighted by molar-refractivity contribution is 0.324. The average molecular weight is 374 g/mol. The first-order valence-corrected chi connectivity index (χ1v) is 8.07. The van der Waals surface area contributed by atoms with E-state index in [0.717, 1.165) is 21.3 Å². The van der Waals surface area contributed by atoms with Crippen LogP contribution in [0.3, 0.4) is 0 Å². The van der Waals surface area contributed by atoms with Gasteiger partial charge in [0, 0.05) is 6.21 Å². The molecule has 0 atom stereocenters. The highest BCUT2D eigenvalue weighted by atomic mass is 79.9. The number of aliphatic imine (C=N–C) groups is 1. The van der Waals surface area contributed by atoms with Crippen LogP contribution in [0.1, 0.15) is 16.7 Å². The van der Waals surface area contributed by atoms with Gasteiger partial charge in [-0.15, -0.1) is 0 Å². The highest BCUT2D eigenvalue weighted by molar-refractivity contribution is 9.10. The van der Waals surface area contributed by atoms with Crippen molar-refractivity contribution in [1.29, 1.82) is 0 Å². The maximum atomic E-state index is 5.63. The first-order chi connectivity index (χ1) is 11.0. The second-order valence-corrected chi connectivity index (χ2v) is 6.04. The molecule has 0 saturated carbocycles. The van der Waals surface area contributed by atoms with Crippen LogP contribution in [0, 0.1) is 13.8 Å².